The van der Waals surface area contributed by atoms with Crippen LogP contribution in [0, 0.1) is 11.3 Å². The van der Waals surface area contributed by atoms with Crippen molar-refractivity contribution < 1.29 is 4.79 Å². The van der Waals surface area contributed by atoms with E-state index in [1.165, 1.54) is 10.9 Å². The number of nitrogen functional groups attached to an aromatic ring is 1. The summed E-state index contributed by atoms with van der Waals surface area (Å²) in [6, 6.07) is 8.69. The van der Waals surface area contributed by atoms with Gasteiger partial charge in [0.2, 0.25) is 0 Å². The molecular weight excluding hydrogens is 242 g/mol. The third kappa shape index (κ3) is 2.55. The molecule has 0 bridgehead atoms. The number of amides is 1. The van der Waals surface area contributed by atoms with Gasteiger partial charge < -0.3 is 11.1 Å². The molecular formula is C13H13N5O. The number of hydrogen-bond donors (Lipinski definition) is 2. The van der Waals surface area contributed by atoms with Crippen molar-refractivity contribution >= 4 is 17.3 Å². The molecule has 0 atom stereocenters. The van der Waals surface area contributed by atoms with Crippen LogP contribution in [0.1, 0.15) is 23.0 Å². The number of nitrogens with two attached hydrogens (primary N) is 1. The molecule has 0 spiro atoms. The van der Waals surface area contributed by atoms with Crippen molar-refractivity contribution in [2.75, 3.05) is 11.1 Å². The normalized spacial score (nSPS) is 9.89. The molecule has 2 aromatic rings. The van der Waals surface area contributed by atoms with Gasteiger partial charge >= 0.3 is 0 Å². The van der Waals surface area contributed by atoms with Crippen LogP contribution in [0.4, 0.5) is 11.4 Å². The monoisotopic (exact) mass is 255 g/mol. The Hall–Kier alpha value is -2.81. The van der Waals surface area contributed by atoms with E-state index in [0.29, 0.717) is 29.2 Å². The van der Waals surface area contributed by atoms with Crippen molar-refractivity contribution in [2.45, 2.75) is 13.5 Å². The molecule has 2 rings (SSSR count). The Morgan fingerprint density at radius 1 is 1.58 bits per heavy atom. The molecule has 0 aliphatic heterocycles. The van der Waals surface area contributed by atoms with Crippen molar-refractivity contribution in [3.8, 4) is 6.07 Å². The number of carbonyl (C=O) groups is 1. The predicted molar refractivity (Wildman–Crippen MR) is 71.4 cm³/mol. The van der Waals surface area contributed by atoms with E-state index < -0.39 is 0 Å². The van der Waals surface area contributed by atoms with Gasteiger partial charge in [-0.1, -0.05) is 6.07 Å². The Bertz CT molecular complexity index is 653. The van der Waals surface area contributed by atoms with Crippen molar-refractivity contribution in [3.05, 3.63) is 41.7 Å². The molecule has 19 heavy (non-hydrogen) atoms. The number of nitriles is 1. The number of rotatable bonds is 3. The summed E-state index contributed by atoms with van der Waals surface area (Å²) in [5.74, 6) is -0.341. The van der Waals surface area contributed by atoms with Crippen molar-refractivity contribution in [1.82, 2.24) is 9.78 Å². The first-order chi connectivity index (χ1) is 9.15. The molecule has 6 heteroatoms. The molecule has 0 saturated heterocycles. The minimum Gasteiger partial charge on any atom is -0.396 e. The number of carbonyl (C=O) groups excluding carboxylic acids is 1. The van der Waals surface area contributed by atoms with Crippen LogP contribution in [0.25, 0.3) is 0 Å². The van der Waals surface area contributed by atoms with Gasteiger partial charge in [-0.15, -0.1) is 0 Å². The second-order valence-corrected chi connectivity index (χ2v) is 3.91. The van der Waals surface area contributed by atoms with Crippen molar-refractivity contribution in [3.63, 3.8) is 0 Å². The van der Waals surface area contributed by atoms with Crippen LogP contribution in [0.5, 0.6) is 0 Å². The van der Waals surface area contributed by atoms with E-state index in [2.05, 4.69) is 10.4 Å². The largest absolute Gasteiger partial charge is 0.396 e. The van der Waals surface area contributed by atoms with E-state index in [-0.39, 0.29) is 5.91 Å². The average molecular weight is 255 g/mol. The molecule has 1 heterocycles. The summed E-state index contributed by atoms with van der Waals surface area (Å²) in [6.45, 7) is 2.43. The minimum absolute atomic E-state index is 0.324. The molecule has 3 N–H and O–H groups in total. The number of anilines is 2. The Kier molecular flexibility index (Phi) is 3.48. The Morgan fingerprint density at radius 2 is 2.37 bits per heavy atom. The number of nitrogens with zero attached hydrogens (tertiary/aromatic N) is 3. The smallest absolute Gasteiger partial charge is 0.276 e. The lowest BCUT2D eigenvalue weighted by Gasteiger charge is -2.07. The van der Waals surface area contributed by atoms with E-state index in [4.69, 9.17) is 11.0 Å². The summed E-state index contributed by atoms with van der Waals surface area (Å²) < 4.78 is 1.53. The number of aryl methyl sites for hydroxylation is 1. The quantitative estimate of drug-likeness (QED) is 0.870. The van der Waals surface area contributed by atoms with Gasteiger partial charge in [-0.05, 0) is 25.1 Å². The van der Waals surface area contributed by atoms with Gasteiger partial charge in [-0.25, -0.2) is 0 Å². The summed E-state index contributed by atoms with van der Waals surface area (Å²) in [5, 5.41) is 15.5. The summed E-state index contributed by atoms with van der Waals surface area (Å²) in [7, 11) is 0. The number of aromatic nitrogens is 2. The third-order valence-corrected chi connectivity index (χ3v) is 2.63. The fourth-order valence-corrected chi connectivity index (χ4v) is 1.74. The Balaban J connectivity index is 2.26. The van der Waals surface area contributed by atoms with Crippen LogP contribution in [0.2, 0.25) is 0 Å². The molecule has 0 unspecified atom stereocenters. The fraction of sp³-hybridized carbons (Fsp3) is 0.154. The minimum atomic E-state index is -0.341. The van der Waals surface area contributed by atoms with Crippen LogP contribution in [0.3, 0.4) is 0 Å². The molecule has 0 saturated carbocycles. The van der Waals surface area contributed by atoms with Gasteiger partial charge in [0.15, 0.2) is 0 Å². The molecule has 1 aromatic carbocycles. The molecule has 0 aliphatic carbocycles. The first kappa shape index (κ1) is 12.6. The predicted octanol–water partition coefficient (Wildman–Crippen LogP) is 1.61. The molecule has 96 valence electrons. The number of nitrogens with one attached hydrogen (secondary N) is 1. The highest BCUT2D eigenvalue weighted by molar-refractivity contribution is 6.06. The zero-order valence-electron chi connectivity index (χ0n) is 10.4. The zero-order valence-corrected chi connectivity index (χ0v) is 10.4. The lowest BCUT2D eigenvalue weighted by atomic mass is 10.2. The summed E-state index contributed by atoms with van der Waals surface area (Å²) >= 11 is 0. The van der Waals surface area contributed by atoms with E-state index in [1.807, 2.05) is 13.0 Å². The SMILES string of the molecule is CCn1ncc(N)c1C(=O)Nc1cccc(C#N)c1. The van der Waals surface area contributed by atoms with Gasteiger partial charge in [0.05, 0.1) is 23.5 Å². The molecule has 0 aliphatic rings. The van der Waals surface area contributed by atoms with E-state index in [0.717, 1.165) is 0 Å². The van der Waals surface area contributed by atoms with E-state index in [1.54, 1.807) is 24.3 Å². The second-order valence-electron chi connectivity index (χ2n) is 3.91. The zero-order chi connectivity index (χ0) is 13.8. The van der Waals surface area contributed by atoms with Gasteiger partial charge in [-0.3, -0.25) is 9.48 Å². The van der Waals surface area contributed by atoms with Gasteiger partial charge in [0, 0.05) is 12.2 Å². The summed E-state index contributed by atoms with van der Waals surface area (Å²) in [4.78, 5) is 12.1. The van der Waals surface area contributed by atoms with Crippen LogP contribution < -0.4 is 11.1 Å². The van der Waals surface area contributed by atoms with Gasteiger partial charge in [-0.2, -0.15) is 10.4 Å². The van der Waals surface area contributed by atoms with Crippen LogP contribution in [-0.4, -0.2) is 15.7 Å². The van der Waals surface area contributed by atoms with Crippen LogP contribution in [-0.2, 0) is 6.54 Å². The van der Waals surface area contributed by atoms with Crippen LogP contribution >= 0.6 is 0 Å². The van der Waals surface area contributed by atoms with E-state index >= 15 is 0 Å². The lowest BCUT2D eigenvalue weighted by Crippen LogP contribution is -2.18. The molecule has 0 fully saturated rings. The molecule has 6 nitrogen and oxygen atoms in total. The van der Waals surface area contributed by atoms with Crippen molar-refractivity contribution in [1.29, 1.82) is 5.26 Å². The standard InChI is InChI=1S/C13H13N5O/c1-2-18-12(11(15)8-16-18)13(19)17-10-5-3-4-9(6-10)7-14/h3-6,8H,2,15H2,1H3,(H,17,19). The molecule has 1 aromatic heterocycles. The maximum atomic E-state index is 12.1. The first-order valence-electron chi connectivity index (χ1n) is 5.78. The summed E-state index contributed by atoms with van der Waals surface area (Å²) in [6.07, 6.45) is 1.45. The average Bonchev–Trinajstić information content (AvgIpc) is 2.80. The maximum Gasteiger partial charge on any atom is 0.276 e. The fourth-order valence-electron chi connectivity index (χ4n) is 1.74. The van der Waals surface area contributed by atoms with Crippen LogP contribution in [0.15, 0.2) is 30.5 Å². The lowest BCUT2D eigenvalue weighted by molar-refractivity contribution is 0.101. The number of benzene rings is 1. The van der Waals surface area contributed by atoms with E-state index in [9.17, 15) is 4.79 Å². The molecule has 0 radical (unpaired) electrons. The number of hydrogen-bond acceptors (Lipinski definition) is 4. The highest BCUT2D eigenvalue weighted by Crippen LogP contribution is 2.15. The first-order valence-corrected chi connectivity index (χ1v) is 5.78. The third-order valence-electron chi connectivity index (χ3n) is 2.63. The summed E-state index contributed by atoms with van der Waals surface area (Å²) in [5.41, 5.74) is 7.41. The van der Waals surface area contributed by atoms with Gasteiger partial charge in [0.25, 0.3) is 5.91 Å². The van der Waals surface area contributed by atoms with Gasteiger partial charge in [0.1, 0.15) is 5.69 Å². The molecule has 1 amide bonds. The second kappa shape index (κ2) is 5.23. The topological polar surface area (TPSA) is 96.7 Å². The Labute approximate surface area is 110 Å². The highest BCUT2D eigenvalue weighted by atomic mass is 16.2. The maximum absolute atomic E-state index is 12.1. The van der Waals surface area contributed by atoms with Crippen molar-refractivity contribution in [2.24, 2.45) is 0 Å². The highest BCUT2D eigenvalue weighted by Gasteiger charge is 2.16. The Morgan fingerprint density at radius 3 is 3.05 bits per heavy atom.